The van der Waals surface area contributed by atoms with Crippen molar-refractivity contribution in [3.63, 3.8) is 0 Å². The lowest BCUT2D eigenvalue weighted by Gasteiger charge is -2.04. The van der Waals surface area contributed by atoms with E-state index >= 15 is 0 Å². The van der Waals surface area contributed by atoms with Crippen molar-refractivity contribution < 1.29 is 23.0 Å². The molecule has 0 saturated heterocycles. The molecule has 4 nitrogen and oxygen atoms in total. The number of alkyl halides is 2. The van der Waals surface area contributed by atoms with Gasteiger partial charge in [0.2, 0.25) is 5.91 Å². The molecule has 0 unspecified atom stereocenters. The number of rotatable bonds is 3. The monoisotopic (exact) mass is 241 g/mol. The first-order valence-electron chi connectivity index (χ1n) is 4.81. The summed E-state index contributed by atoms with van der Waals surface area (Å²) >= 11 is 0. The Morgan fingerprint density at radius 3 is 2.76 bits per heavy atom. The molecule has 1 aliphatic rings. The first-order chi connectivity index (χ1) is 7.96. The Bertz CT molecular complexity index is 486. The number of primary amides is 1. The Kier molecular flexibility index (Phi) is 2.71. The molecule has 0 bridgehead atoms. The smallest absolute Gasteiger partial charge is 0.395 e. The van der Waals surface area contributed by atoms with Crippen molar-refractivity contribution in [2.24, 2.45) is 5.73 Å². The Hall–Kier alpha value is -2.11. The third kappa shape index (κ3) is 2.72. The van der Waals surface area contributed by atoms with Gasteiger partial charge in [-0.3, -0.25) is 4.79 Å². The fraction of sp³-hybridized carbons (Fsp3) is 0.182. The Morgan fingerprint density at radius 1 is 1.35 bits per heavy atom. The van der Waals surface area contributed by atoms with Gasteiger partial charge in [0.15, 0.2) is 11.5 Å². The normalized spacial score (nSPS) is 16.4. The highest BCUT2D eigenvalue weighted by Gasteiger charge is 2.43. The highest BCUT2D eigenvalue weighted by Crippen LogP contribution is 2.41. The fourth-order valence-corrected chi connectivity index (χ4v) is 1.38. The fourth-order valence-electron chi connectivity index (χ4n) is 1.38. The second-order valence-electron chi connectivity index (χ2n) is 3.45. The summed E-state index contributed by atoms with van der Waals surface area (Å²) in [7, 11) is 0. The maximum Gasteiger partial charge on any atom is 0.586 e. The van der Waals surface area contributed by atoms with Crippen LogP contribution < -0.4 is 15.2 Å². The van der Waals surface area contributed by atoms with Gasteiger partial charge < -0.3 is 15.2 Å². The number of halogens is 2. The largest absolute Gasteiger partial charge is 0.586 e. The molecular formula is C11H9F2NO3. The number of carbonyl (C=O) groups is 1. The summed E-state index contributed by atoms with van der Waals surface area (Å²) in [6.45, 7) is 0. The van der Waals surface area contributed by atoms with Crippen molar-refractivity contribution in [1.29, 1.82) is 0 Å². The molecule has 1 aromatic carbocycles. The summed E-state index contributed by atoms with van der Waals surface area (Å²) in [5, 5.41) is 0. The predicted molar refractivity (Wildman–Crippen MR) is 55.5 cm³/mol. The predicted octanol–water partition coefficient (Wildman–Crippen LogP) is 1.90. The van der Waals surface area contributed by atoms with Crippen LogP contribution in [0.2, 0.25) is 0 Å². The lowest BCUT2D eigenvalue weighted by molar-refractivity contribution is -0.286. The lowest BCUT2D eigenvalue weighted by Crippen LogP contribution is -2.25. The third-order valence-corrected chi connectivity index (χ3v) is 2.05. The molecule has 0 aliphatic carbocycles. The Balaban J connectivity index is 2.14. The van der Waals surface area contributed by atoms with Crippen molar-refractivity contribution in [1.82, 2.24) is 0 Å². The average molecular weight is 241 g/mol. The standard InChI is InChI=1S/C11H9F2NO3/c12-11(13)16-8-5-4-7(6-9(8)17-11)2-1-3-10(14)15/h1-2,4-6H,3H2,(H2,14,15). The van der Waals surface area contributed by atoms with E-state index < -0.39 is 12.2 Å². The van der Waals surface area contributed by atoms with Crippen LogP contribution in [0.25, 0.3) is 6.08 Å². The highest BCUT2D eigenvalue weighted by atomic mass is 19.3. The van der Waals surface area contributed by atoms with Gasteiger partial charge in [-0.1, -0.05) is 18.2 Å². The van der Waals surface area contributed by atoms with Gasteiger partial charge in [-0.15, -0.1) is 8.78 Å². The zero-order chi connectivity index (χ0) is 12.5. The van der Waals surface area contributed by atoms with Gasteiger partial charge >= 0.3 is 6.29 Å². The molecule has 0 spiro atoms. The molecule has 0 radical (unpaired) electrons. The summed E-state index contributed by atoms with van der Waals surface area (Å²) in [5.41, 5.74) is 5.57. The van der Waals surface area contributed by atoms with E-state index in [1.165, 1.54) is 18.2 Å². The molecule has 0 aromatic heterocycles. The summed E-state index contributed by atoms with van der Waals surface area (Å²) in [6, 6.07) is 4.34. The minimum Gasteiger partial charge on any atom is -0.395 e. The molecule has 0 saturated carbocycles. The minimum absolute atomic E-state index is 0.0120. The van der Waals surface area contributed by atoms with Crippen LogP contribution in [0.1, 0.15) is 12.0 Å². The van der Waals surface area contributed by atoms with E-state index in [0.717, 1.165) is 0 Å². The van der Waals surface area contributed by atoms with Crippen molar-refractivity contribution in [2.75, 3.05) is 0 Å². The molecular weight excluding hydrogens is 232 g/mol. The number of hydrogen-bond acceptors (Lipinski definition) is 3. The zero-order valence-electron chi connectivity index (χ0n) is 8.65. The Morgan fingerprint density at radius 2 is 2.06 bits per heavy atom. The molecule has 6 heteroatoms. The average Bonchev–Trinajstić information content (AvgIpc) is 2.50. The summed E-state index contributed by atoms with van der Waals surface area (Å²) in [5.74, 6) is -0.508. The highest BCUT2D eigenvalue weighted by molar-refractivity contribution is 5.76. The number of carbonyl (C=O) groups excluding carboxylic acids is 1. The van der Waals surface area contributed by atoms with E-state index in [0.29, 0.717) is 5.56 Å². The second-order valence-corrected chi connectivity index (χ2v) is 3.45. The van der Waals surface area contributed by atoms with Crippen molar-refractivity contribution in [3.8, 4) is 11.5 Å². The molecule has 2 rings (SSSR count). The number of amides is 1. The number of ether oxygens (including phenoxy) is 2. The minimum atomic E-state index is -3.61. The van der Waals surface area contributed by atoms with Gasteiger partial charge in [0.1, 0.15) is 0 Å². The molecule has 17 heavy (non-hydrogen) atoms. The summed E-state index contributed by atoms with van der Waals surface area (Å²) < 4.78 is 33.9. The van der Waals surface area contributed by atoms with Crippen LogP contribution in [0.3, 0.4) is 0 Å². The van der Waals surface area contributed by atoms with E-state index in [4.69, 9.17) is 5.73 Å². The first-order valence-corrected chi connectivity index (χ1v) is 4.81. The van der Waals surface area contributed by atoms with Crippen molar-refractivity contribution in [3.05, 3.63) is 29.8 Å². The first kappa shape index (κ1) is 11.4. The number of fused-ring (bicyclic) bond motifs is 1. The van der Waals surface area contributed by atoms with E-state index in [-0.39, 0.29) is 17.9 Å². The quantitative estimate of drug-likeness (QED) is 0.879. The maximum absolute atomic E-state index is 12.7. The van der Waals surface area contributed by atoms with Gasteiger partial charge in [-0.05, 0) is 17.7 Å². The molecule has 1 aliphatic heterocycles. The molecule has 1 amide bonds. The second kappa shape index (κ2) is 4.04. The topological polar surface area (TPSA) is 61.6 Å². The molecule has 1 aromatic rings. The van der Waals surface area contributed by atoms with E-state index in [1.54, 1.807) is 12.1 Å². The third-order valence-electron chi connectivity index (χ3n) is 2.05. The van der Waals surface area contributed by atoms with Gasteiger partial charge in [-0.2, -0.15) is 0 Å². The van der Waals surface area contributed by atoms with E-state index in [9.17, 15) is 13.6 Å². The van der Waals surface area contributed by atoms with Crippen molar-refractivity contribution in [2.45, 2.75) is 12.7 Å². The van der Waals surface area contributed by atoms with Gasteiger partial charge in [0, 0.05) is 6.42 Å². The van der Waals surface area contributed by atoms with Crippen LogP contribution >= 0.6 is 0 Å². The number of hydrogen-bond donors (Lipinski definition) is 1. The van der Waals surface area contributed by atoms with Gasteiger partial charge in [-0.25, -0.2) is 0 Å². The van der Waals surface area contributed by atoms with E-state index in [2.05, 4.69) is 9.47 Å². The van der Waals surface area contributed by atoms with Crippen LogP contribution in [0.5, 0.6) is 11.5 Å². The zero-order valence-corrected chi connectivity index (χ0v) is 8.65. The Labute approximate surface area is 95.6 Å². The molecule has 0 fully saturated rings. The van der Waals surface area contributed by atoms with Gasteiger partial charge in [0.05, 0.1) is 0 Å². The maximum atomic E-state index is 12.7. The molecule has 1 heterocycles. The summed E-state index contributed by atoms with van der Waals surface area (Å²) in [6.07, 6.45) is -0.397. The molecule has 0 atom stereocenters. The number of benzene rings is 1. The van der Waals surface area contributed by atoms with Crippen molar-refractivity contribution >= 4 is 12.0 Å². The van der Waals surface area contributed by atoms with Crippen LogP contribution in [-0.4, -0.2) is 12.2 Å². The van der Waals surface area contributed by atoms with E-state index in [1.807, 2.05) is 0 Å². The van der Waals surface area contributed by atoms with Crippen LogP contribution in [0.15, 0.2) is 24.3 Å². The summed E-state index contributed by atoms with van der Waals surface area (Å²) in [4.78, 5) is 10.5. The van der Waals surface area contributed by atoms with Crippen LogP contribution in [-0.2, 0) is 4.79 Å². The SMILES string of the molecule is NC(=O)CC=Cc1ccc2c(c1)OC(F)(F)O2. The van der Waals surface area contributed by atoms with Crippen LogP contribution in [0.4, 0.5) is 8.78 Å². The lowest BCUT2D eigenvalue weighted by atomic mass is 10.2. The number of nitrogens with two attached hydrogens (primary N) is 1. The van der Waals surface area contributed by atoms with Gasteiger partial charge in [0.25, 0.3) is 0 Å². The van der Waals surface area contributed by atoms with Crippen LogP contribution in [0, 0.1) is 0 Å². The molecule has 2 N–H and O–H groups in total. The molecule has 90 valence electrons.